The maximum Gasteiger partial charge on any atom is 0.328 e. The van der Waals surface area contributed by atoms with Gasteiger partial charge in [0.05, 0.1) is 6.54 Å². The number of hydrogen-bond acceptors (Lipinski definition) is 3. The summed E-state index contributed by atoms with van der Waals surface area (Å²) in [6.07, 6.45) is 6.25. The van der Waals surface area contributed by atoms with Crippen molar-refractivity contribution in [3.05, 3.63) is 54.4 Å². The molecule has 2 aromatic rings. The summed E-state index contributed by atoms with van der Waals surface area (Å²) >= 11 is 0. The molecule has 0 aliphatic rings. The molecule has 0 saturated carbocycles. The zero-order chi connectivity index (χ0) is 13.5. The third kappa shape index (κ3) is 4.31. The van der Waals surface area contributed by atoms with Crippen LogP contribution in [-0.4, -0.2) is 27.5 Å². The zero-order valence-electron chi connectivity index (χ0n) is 10.3. The normalized spacial score (nSPS) is 10.7. The number of carboxylic acid groups (broad SMARTS) is 1. The average molecular weight is 258 g/mol. The number of rotatable bonds is 6. The smallest absolute Gasteiger partial charge is 0.328 e. The Morgan fingerprint density at radius 1 is 1.37 bits per heavy atom. The summed E-state index contributed by atoms with van der Waals surface area (Å²) in [6, 6.07) is 9.10. The summed E-state index contributed by atoms with van der Waals surface area (Å²) in [5.74, 6) is -0.209. The number of nitrogens with zero attached hydrogens (tertiary/aromatic N) is 2. The second-order valence-electron chi connectivity index (χ2n) is 3.86. The zero-order valence-corrected chi connectivity index (χ0v) is 10.3. The van der Waals surface area contributed by atoms with Gasteiger partial charge in [0.15, 0.2) is 0 Å². The van der Waals surface area contributed by atoms with Crippen LogP contribution in [0, 0.1) is 0 Å². The van der Waals surface area contributed by atoms with E-state index < -0.39 is 5.97 Å². The lowest BCUT2D eigenvalue weighted by molar-refractivity contribution is -0.131. The van der Waals surface area contributed by atoms with Crippen LogP contribution in [0.2, 0.25) is 0 Å². The fourth-order valence-corrected chi connectivity index (χ4v) is 1.53. The van der Waals surface area contributed by atoms with Crippen LogP contribution in [0.5, 0.6) is 5.75 Å². The van der Waals surface area contributed by atoms with E-state index in [4.69, 9.17) is 9.84 Å². The molecule has 0 unspecified atom stereocenters. The van der Waals surface area contributed by atoms with Gasteiger partial charge in [0, 0.05) is 18.5 Å². The molecule has 1 heterocycles. The summed E-state index contributed by atoms with van der Waals surface area (Å²) in [7, 11) is 0. The number of aliphatic carboxylic acids is 1. The van der Waals surface area contributed by atoms with E-state index in [1.54, 1.807) is 10.9 Å². The summed E-state index contributed by atoms with van der Waals surface area (Å²) in [5.41, 5.74) is 0.821. The molecular weight excluding hydrogens is 244 g/mol. The van der Waals surface area contributed by atoms with Gasteiger partial charge in [-0.1, -0.05) is 12.1 Å². The molecule has 0 bridgehead atoms. The molecule has 19 heavy (non-hydrogen) atoms. The van der Waals surface area contributed by atoms with Crippen molar-refractivity contribution < 1.29 is 14.6 Å². The molecule has 0 aliphatic heterocycles. The van der Waals surface area contributed by atoms with Gasteiger partial charge in [0.2, 0.25) is 0 Å². The first-order valence-corrected chi connectivity index (χ1v) is 5.85. The molecule has 0 radical (unpaired) electrons. The number of benzene rings is 1. The molecule has 1 aromatic carbocycles. The van der Waals surface area contributed by atoms with Gasteiger partial charge < -0.3 is 9.84 Å². The highest BCUT2D eigenvalue weighted by Crippen LogP contribution is 2.13. The molecule has 1 aromatic heterocycles. The molecule has 1 N–H and O–H groups in total. The first kappa shape index (κ1) is 12.9. The highest BCUT2D eigenvalue weighted by atomic mass is 16.5. The number of ether oxygens (including phenoxy) is 1. The number of aromatic nitrogens is 2. The molecule has 0 aliphatic carbocycles. The van der Waals surface area contributed by atoms with E-state index in [9.17, 15) is 4.79 Å². The van der Waals surface area contributed by atoms with Gasteiger partial charge in [0.25, 0.3) is 0 Å². The van der Waals surface area contributed by atoms with Crippen LogP contribution >= 0.6 is 0 Å². The number of carbonyl (C=O) groups is 1. The van der Waals surface area contributed by atoms with E-state index in [0.717, 1.165) is 17.4 Å². The first-order chi connectivity index (χ1) is 9.24. The third-order valence-corrected chi connectivity index (χ3v) is 2.45. The van der Waals surface area contributed by atoms with Crippen LogP contribution in [0.15, 0.2) is 48.8 Å². The Hall–Kier alpha value is -2.56. The summed E-state index contributed by atoms with van der Waals surface area (Å²) < 4.78 is 7.35. The van der Waals surface area contributed by atoms with Crippen molar-refractivity contribution in [1.82, 2.24) is 9.78 Å². The van der Waals surface area contributed by atoms with E-state index in [1.165, 1.54) is 6.08 Å². The standard InChI is InChI=1S/C14H14N2O3/c17-14(18)7-4-12-2-5-13(6-3-12)19-11-10-16-9-1-8-15-16/h1-9H,10-11H2,(H,17,18)/b7-4+. The van der Waals surface area contributed by atoms with Crippen molar-refractivity contribution in [1.29, 1.82) is 0 Å². The number of carboxylic acids is 1. The van der Waals surface area contributed by atoms with Crippen molar-refractivity contribution in [2.75, 3.05) is 6.61 Å². The largest absolute Gasteiger partial charge is 0.492 e. The van der Waals surface area contributed by atoms with Gasteiger partial charge in [-0.15, -0.1) is 0 Å². The molecule has 0 saturated heterocycles. The molecule has 2 rings (SSSR count). The molecular formula is C14H14N2O3. The summed E-state index contributed by atoms with van der Waals surface area (Å²) in [4.78, 5) is 10.4. The molecule has 0 amide bonds. The Morgan fingerprint density at radius 3 is 2.79 bits per heavy atom. The number of hydrogen-bond donors (Lipinski definition) is 1. The van der Waals surface area contributed by atoms with Gasteiger partial charge in [-0.3, -0.25) is 4.68 Å². The predicted molar refractivity (Wildman–Crippen MR) is 70.8 cm³/mol. The van der Waals surface area contributed by atoms with Crippen molar-refractivity contribution in [3.63, 3.8) is 0 Å². The fraction of sp³-hybridized carbons (Fsp3) is 0.143. The van der Waals surface area contributed by atoms with Gasteiger partial charge in [0.1, 0.15) is 12.4 Å². The lowest BCUT2D eigenvalue weighted by Gasteiger charge is -2.06. The average Bonchev–Trinajstić information content (AvgIpc) is 2.91. The lowest BCUT2D eigenvalue weighted by atomic mass is 10.2. The predicted octanol–water partition coefficient (Wildman–Crippen LogP) is 2.06. The van der Waals surface area contributed by atoms with Crippen molar-refractivity contribution >= 4 is 12.0 Å². The minimum atomic E-state index is -0.959. The van der Waals surface area contributed by atoms with E-state index in [1.807, 2.05) is 36.5 Å². The van der Waals surface area contributed by atoms with Crippen LogP contribution in [0.1, 0.15) is 5.56 Å². The van der Waals surface area contributed by atoms with Gasteiger partial charge in [-0.05, 0) is 29.8 Å². The van der Waals surface area contributed by atoms with Crippen LogP contribution in [0.3, 0.4) is 0 Å². The molecule has 0 spiro atoms. The quantitative estimate of drug-likeness (QED) is 0.805. The van der Waals surface area contributed by atoms with E-state index >= 15 is 0 Å². The van der Waals surface area contributed by atoms with Crippen molar-refractivity contribution in [2.24, 2.45) is 0 Å². The molecule has 5 nitrogen and oxygen atoms in total. The second-order valence-corrected chi connectivity index (χ2v) is 3.86. The monoisotopic (exact) mass is 258 g/mol. The Morgan fingerprint density at radius 2 is 2.16 bits per heavy atom. The van der Waals surface area contributed by atoms with Crippen molar-refractivity contribution in [2.45, 2.75) is 6.54 Å². The Balaban J connectivity index is 1.83. The lowest BCUT2D eigenvalue weighted by Crippen LogP contribution is -2.08. The molecule has 5 heteroatoms. The minimum absolute atomic E-state index is 0.534. The fourth-order valence-electron chi connectivity index (χ4n) is 1.53. The highest BCUT2D eigenvalue weighted by molar-refractivity contribution is 5.85. The van der Waals surface area contributed by atoms with Crippen LogP contribution in [0.25, 0.3) is 6.08 Å². The van der Waals surface area contributed by atoms with Crippen LogP contribution in [-0.2, 0) is 11.3 Å². The van der Waals surface area contributed by atoms with Gasteiger partial charge in [-0.25, -0.2) is 4.79 Å². The van der Waals surface area contributed by atoms with Gasteiger partial charge in [-0.2, -0.15) is 5.10 Å². The first-order valence-electron chi connectivity index (χ1n) is 5.85. The Labute approximate surface area is 110 Å². The van der Waals surface area contributed by atoms with E-state index in [-0.39, 0.29) is 0 Å². The van der Waals surface area contributed by atoms with Crippen molar-refractivity contribution in [3.8, 4) is 5.75 Å². The Kier molecular flexibility index (Phi) is 4.34. The van der Waals surface area contributed by atoms with Crippen LogP contribution < -0.4 is 4.74 Å². The highest BCUT2D eigenvalue weighted by Gasteiger charge is 1.95. The van der Waals surface area contributed by atoms with E-state index in [0.29, 0.717) is 13.2 Å². The van der Waals surface area contributed by atoms with Gasteiger partial charge >= 0.3 is 5.97 Å². The molecule has 98 valence electrons. The van der Waals surface area contributed by atoms with Crippen LogP contribution in [0.4, 0.5) is 0 Å². The minimum Gasteiger partial charge on any atom is -0.492 e. The Bertz CT molecular complexity index is 545. The summed E-state index contributed by atoms with van der Waals surface area (Å²) in [5, 5.41) is 12.6. The SMILES string of the molecule is O=C(O)/C=C/c1ccc(OCCn2cccn2)cc1. The second kappa shape index (κ2) is 6.39. The topological polar surface area (TPSA) is 64.3 Å². The maximum atomic E-state index is 10.4. The third-order valence-electron chi connectivity index (χ3n) is 2.45. The maximum absolute atomic E-state index is 10.4. The molecule has 0 atom stereocenters. The van der Waals surface area contributed by atoms with E-state index in [2.05, 4.69) is 5.10 Å². The molecule has 0 fully saturated rings. The summed E-state index contributed by atoms with van der Waals surface area (Å²) in [6.45, 7) is 1.22.